The minimum Gasteiger partial charge on any atom is -0.383 e. The fourth-order valence-corrected chi connectivity index (χ4v) is 2.77. The second kappa shape index (κ2) is 11.0. The van der Waals surface area contributed by atoms with Gasteiger partial charge in [0, 0.05) is 40.4 Å². The Labute approximate surface area is 151 Å². The molecule has 25 heavy (non-hydrogen) atoms. The maximum atomic E-state index is 5.17. The summed E-state index contributed by atoms with van der Waals surface area (Å²) in [6.45, 7) is 5.07. The van der Waals surface area contributed by atoms with Gasteiger partial charge in [0.2, 0.25) is 0 Å². The molecule has 1 N–H and O–H groups in total. The van der Waals surface area contributed by atoms with Gasteiger partial charge in [-0.05, 0) is 29.3 Å². The van der Waals surface area contributed by atoms with Gasteiger partial charge >= 0.3 is 0 Å². The number of ether oxygens (including phenoxy) is 2. The van der Waals surface area contributed by atoms with Gasteiger partial charge in [-0.2, -0.15) is 0 Å². The average Bonchev–Trinajstić information content (AvgIpc) is 2.65. The molecule has 2 aromatic carbocycles. The van der Waals surface area contributed by atoms with Crippen LogP contribution in [-0.4, -0.2) is 52.5 Å². The summed E-state index contributed by atoms with van der Waals surface area (Å²) >= 11 is 0. The first-order chi connectivity index (χ1) is 12.2. The minimum atomic E-state index is 0.738. The van der Waals surface area contributed by atoms with Crippen LogP contribution < -0.4 is 5.32 Å². The lowest BCUT2D eigenvalue weighted by Gasteiger charge is -2.18. The number of benzene rings is 2. The predicted octanol–water partition coefficient (Wildman–Crippen LogP) is 3.17. The molecule has 136 valence electrons. The van der Waals surface area contributed by atoms with Gasteiger partial charge in [0.1, 0.15) is 0 Å². The second-order valence-corrected chi connectivity index (χ2v) is 6.25. The molecule has 0 amide bonds. The third kappa shape index (κ3) is 6.59. The molecule has 4 nitrogen and oxygen atoms in total. The fourth-order valence-electron chi connectivity index (χ4n) is 2.77. The molecule has 0 fully saturated rings. The van der Waals surface area contributed by atoms with Crippen molar-refractivity contribution in [1.82, 2.24) is 10.2 Å². The number of rotatable bonds is 11. The molecule has 0 bridgehead atoms. The molecule has 0 saturated carbocycles. The van der Waals surface area contributed by atoms with E-state index in [2.05, 4.69) is 65.8 Å². The first-order valence-electron chi connectivity index (χ1n) is 8.79. The van der Waals surface area contributed by atoms with E-state index in [4.69, 9.17) is 9.47 Å². The van der Waals surface area contributed by atoms with Crippen LogP contribution in [0.1, 0.15) is 11.1 Å². The van der Waals surface area contributed by atoms with Gasteiger partial charge in [-0.15, -0.1) is 0 Å². The number of methoxy groups -OCH3 is 2. The molecule has 0 spiro atoms. The Bertz CT molecular complexity index is 614. The van der Waals surface area contributed by atoms with Gasteiger partial charge in [-0.1, -0.05) is 48.5 Å². The van der Waals surface area contributed by atoms with Crippen LogP contribution in [0.15, 0.2) is 48.5 Å². The molecule has 2 aromatic rings. The van der Waals surface area contributed by atoms with Crippen LogP contribution in [0.4, 0.5) is 0 Å². The van der Waals surface area contributed by atoms with E-state index in [-0.39, 0.29) is 0 Å². The summed E-state index contributed by atoms with van der Waals surface area (Å²) in [5.41, 5.74) is 5.18. The van der Waals surface area contributed by atoms with Gasteiger partial charge < -0.3 is 14.8 Å². The molecule has 0 aromatic heterocycles. The van der Waals surface area contributed by atoms with Crippen LogP contribution in [0.3, 0.4) is 0 Å². The number of likely N-dealkylation sites (N-methyl/N-ethyl adjacent to an activating group) is 1. The van der Waals surface area contributed by atoms with Crippen molar-refractivity contribution < 1.29 is 9.47 Å². The minimum absolute atomic E-state index is 0.738. The van der Waals surface area contributed by atoms with E-state index >= 15 is 0 Å². The molecule has 0 heterocycles. The Hall–Kier alpha value is -1.72. The molecule has 0 aliphatic heterocycles. The summed E-state index contributed by atoms with van der Waals surface area (Å²) in [6.07, 6.45) is 0. The SMILES string of the molecule is COCCNCc1ccc(-c2ccccc2CN(C)CCOC)cc1. The molecule has 4 heteroatoms. The summed E-state index contributed by atoms with van der Waals surface area (Å²) in [6, 6.07) is 17.4. The van der Waals surface area contributed by atoms with E-state index in [9.17, 15) is 0 Å². The fraction of sp³-hybridized carbons (Fsp3) is 0.429. The monoisotopic (exact) mass is 342 g/mol. The highest BCUT2D eigenvalue weighted by molar-refractivity contribution is 5.67. The summed E-state index contributed by atoms with van der Waals surface area (Å²) in [4.78, 5) is 2.29. The van der Waals surface area contributed by atoms with Gasteiger partial charge in [0.25, 0.3) is 0 Å². The number of hydrogen-bond acceptors (Lipinski definition) is 4. The Morgan fingerprint density at radius 3 is 2.36 bits per heavy atom. The van der Waals surface area contributed by atoms with Crippen molar-refractivity contribution in [3.05, 3.63) is 59.7 Å². The van der Waals surface area contributed by atoms with Gasteiger partial charge in [0.05, 0.1) is 13.2 Å². The summed E-state index contributed by atoms with van der Waals surface area (Å²) < 4.78 is 10.2. The van der Waals surface area contributed by atoms with Gasteiger partial charge in [-0.3, -0.25) is 4.90 Å². The molecule has 0 saturated heterocycles. The van der Waals surface area contributed by atoms with Crippen LogP contribution in [-0.2, 0) is 22.6 Å². The zero-order valence-electron chi connectivity index (χ0n) is 15.6. The second-order valence-electron chi connectivity index (χ2n) is 6.25. The van der Waals surface area contributed by atoms with Crippen molar-refractivity contribution in [3.63, 3.8) is 0 Å². The van der Waals surface area contributed by atoms with Crippen LogP contribution in [0.25, 0.3) is 11.1 Å². The van der Waals surface area contributed by atoms with Crippen LogP contribution >= 0.6 is 0 Å². The standard InChI is InChI=1S/C21H30N2O2/c1-23(13-15-25-3)17-20-6-4-5-7-21(20)19-10-8-18(9-11-19)16-22-12-14-24-2/h4-11,22H,12-17H2,1-3H3. The molecular formula is C21H30N2O2. The average molecular weight is 342 g/mol. The van der Waals surface area contributed by atoms with Gasteiger partial charge in [-0.25, -0.2) is 0 Å². The zero-order valence-corrected chi connectivity index (χ0v) is 15.6. The Kier molecular flexibility index (Phi) is 8.63. The maximum absolute atomic E-state index is 5.17. The summed E-state index contributed by atoms with van der Waals surface area (Å²) in [7, 11) is 5.60. The van der Waals surface area contributed by atoms with E-state index in [0.29, 0.717) is 0 Å². The highest BCUT2D eigenvalue weighted by atomic mass is 16.5. The van der Waals surface area contributed by atoms with Crippen molar-refractivity contribution >= 4 is 0 Å². The first kappa shape index (κ1) is 19.6. The highest BCUT2D eigenvalue weighted by Gasteiger charge is 2.07. The molecular weight excluding hydrogens is 312 g/mol. The molecule has 2 rings (SSSR count). The van der Waals surface area contributed by atoms with Gasteiger partial charge in [0.15, 0.2) is 0 Å². The largest absolute Gasteiger partial charge is 0.383 e. The van der Waals surface area contributed by atoms with E-state index in [1.807, 2.05) is 0 Å². The molecule has 0 radical (unpaired) electrons. The number of nitrogens with zero attached hydrogens (tertiary/aromatic N) is 1. The Morgan fingerprint density at radius 2 is 1.64 bits per heavy atom. The van der Waals surface area contributed by atoms with Crippen LogP contribution in [0.2, 0.25) is 0 Å². The number of hydrogen-bond donors (Lipinski definition) is 1. The summed E-state index contributed by atoms with van der Waals surface area (Å²) in [5, 5.41) is 3.38. The zero-order chi connectivity index (χ0) is 17.9. The van der Waals surface area contributed by atoms with Crippen molar-refractivity contribution in [2.24, 2.45) is 0 Å². The highest BCUT2D eigenvalue weighted by Crippen LogP contribution is 2.25. The lowest BCUT2D eigenvalue weighted by molar-refractivity contribution is 0.158. The smallest absolute Gasteiger partial charge is 0.0589 e. The molecule has 0 atom stereocenters. The Balaban J connectivity index is 2.03. The van der Waals surface area contributed by atoms with E-state index in [0.717, 1.165) is 39.4 Å². The van der Waals surface area contributed by atoms with Crippen molar-refractivity contribution in [2.75, 3.05) is 47.6 Å². The topological polar surface area (TPSA) is 33.7 Å². The summed E-state index contributed by atoms with van der Waals surface area (Å²) in [5.74, 6) is 0. The van der Waals surface area contributed by atoms with E-state index < -0.39 is 0 Å². The normalized spacial score (nSPS) is 11.2. The quantitative estimate of drug-likeness (QED) is 0.636. The third-order valence-electron chi connectivity index (χ3n) is 4.21. The maximum Gasteiger partial charge on any atom is 0.0589 e. The Morgan fingerprint density at radius 1 is 0.920 bits per heavy atom. The van der Waals surface area contributed by atoms with Crippen molar-refractivity contribution in [2.45, 2.75) is 13.1 Å². The predicted molar refractivity (Wildman–Crippen MR) is 104 cm³/mol. The lowest BCUT2D eigenvalue weighted by Crippen LogP contribution is -2.22. The molecule has 0 aliphatic rings. The van der Waals surface area contributed by atoms with E-state index in [1.54, 1.807) is 14.2 Å². The molecule has 0 aliphatic carbocycles. The van der Waals surface area contributed by atoms with Crippen LogP contribution in [0.5, 0.6) is 0 Å². The van der Waals surface area contributed by atoms with E-state index in [1.165, 1.54) is 22.3 Å². The first-order valence-corrected chi connectivity index (χ1v) is 8.79. The lowest BCUT2D eigenvalue weighted by atomic mass is 9.98. The number of nitrogens with one attached hydrogen (secondary N) is 1. The molecule has 0 unspecified atom stereocenters. The van der Waals surface area contributed by atoms with Crippen molar-refractivity contribution in [1.29, 1.82) is 0 Å². The third-order valence-corrected chi connectivity index (χ3v) is 4.21. The van der Waals surface area contributed by atoms with Crippen LogP contribution in [0, 0.1) is 0 Å². The van der Waals surface area contributed by atoms with Crippen molar-refractivity contribution in [3.8, 4) is 11.1 Å².